The summed E-state index contributed by atoms with van der Waals surface area (Å²) in [4.78, 5) is 0. The number of halogens is 2. The Bertz CT molecular complexity index is 865. The van der Waals surface area contributed by atoms with Crippen LogP contribution in [0, 0.1) is 11.6 Å². The molecule has 0 bridgehead atoms. The van der Waals surface area contributed by atoms with Crippen LogP contribution in [0.5, 0.6) is 0 Å². The van der Waals surface area contributed by atoms with Gasteiger partial charge in [0.15, 0.2) is 11.6 Å². The van der Waals surface area contributed by atoms with Crippen LogP contribution in [-0.2, 0) is 12.8 Å². The summed E-state index contributed by atoms with van der Waals surface area (Å²) in [5.74, 6) is -1.41. The van der Waals surface area contributed by atoms with Crippen molar-refractivity contribution in [1.29, 1.82) is 0 Å². The summed E-state index contributed by atoms with van der Waals surface area (Å²) in [5, 5.41) is 3.22. The second kappa shape index (κ2) is 7.29. The van der Waals surface area contributed by atoms with Crippen molar-refractivity contribution in [3.05, 3.63) is 59.2 Å². The van der Waals surface area contributed by atoms with E-state index in [1.165, 1.54) is 24.8 Å². The van der Waals surface area contributed by atoms with Gasteiger partial charge in [-0.1, -0.05) is 51.3 Å². The summed E-state index contributed by atoms with van der Waals surface area (Å²) in [6.45, 7) is 4.17. The van der Waals surface area contributed by atoms with Crippen LogP contribution < -0.4 is 0 Å². The summed E-state index contributed by atoms with van der Waals surface area (Å²) in [5.41, 5.74) is 1.73. The molecule has 3 aromatic carbocycles. The molecule has 0 aliphatic heterocycles. The van der Waals surface area contributed by atoms with E-state index in [1.54, 1.807) is 12.1 Å². The Hall–Kier alpha value is -1.96. The fourth-order valence-corrected chi connectivity index (χ4v) is 3.37. The van der Waals surface area contributed by atoms with E-state index in [-0.39, 0.29) is 0 Å². The number of unbranched alkanes of at least 4 members (excludes halogenated alkanes) is 2. The first-order valence-electron chi connectivity index (χ1n) is 8.97. The minimum Gasteiger partial charge on any atom is -0.203 e. The molecule has 0 radical (unpaired) electrons. The van der Waals surface area contributed by atoms with Crippen LogP contribution in [0.1, 0.15) is 50.7 Å². The minimum absolute atomic E-state index is 0.380. The normalized spacial score (nSPS) is 11.5. The highest BCUT2D eigenvalue weighted by atomic mass is 19.2. The standard InChI is InChI=1S/C22H24F2/c1-3-5-6-8-15-9-10-16-12-19-13-17(7-4-2)21(23)22(24)20(19)14-18(16)11-15/h9-14H,3-8H2,1-2H3. The number of fused-ring (bicyclic) bond motifs is 2. The molecule has 0 spiro atoms. The summed E-state index contributed by atoms with van der Waals surface area (Å²) in [6.07, 6.45) is 5.98. The summed E-state index contributed by atoms with van der Waals surface area (Å²) in [7, 11) is 0. The van der Waals surface area contributed by atoms with E-state index < -0.39 is 11.6 Å². The Morgan fingerprint density at radius 3 is 2.29 bits per heavy atom. The molecule has 0 aliphatic carbocycles. The molecule has 3 aromatic rings. The van der Waals surface area contributed by atoms with Gasteiger partial charge in [0, 0.05) is 5.39 Å². The molecule has 0 N–H and O–H groups in total. The zero-order chi connectivity index (χ0) is 17.1. The minimum atomic E-state index is -0.714. The van der Waals surface area contributed by atoms with Crippen molar-refractivity contribution in [1.82, 2.24) is 0 Å². The molecule has 0 saturated heterocycles. The molecular weight excluding hydrogens is 302 g/mol. The second-order valence-electron chi connectivity index (χ2n) is 6.63. The second-order valence-corrected chi connectivity index (χ2v) is 6.63. The van der Waals surface area contributed by atoms with Gasteiger partial charge in [-0.05, 0) is 64.7 Å². The van der Waals surface area contributed by atoms with E-state index in [0.717, 1.165) is 29.0 Å². The third-order valence-electron chi connectivity index (χ3n) is 4.70. The zero-order valence-electron chi connectivity index (χ0n) is 14.5. The third-order valence-corrected chi connectivity index (χ3v) is 4.70. The fourth-order valence-electron chi connectivity index (χ4n) is 3.37. The molecule has 2 heteroatoms. The van der Waals surface area contributed by atoms with Gasteiger partial charge in [0.1, 0.15) is 0 Å². The molecule has 0 fully saturated rings. The lowest BCUT2D eigenvalue weighted by molar-refractivity contribution is 0.506. The summed E-state index contributed by atoms with van der Waals surface area (Å²) in [6, 6.07) is 11.9. The lowest BCUT2D eigenvalue weighted by atomic mass is 9.97. The van der Waals surface area contributed by atoms with Gasteiger partial charge in [0.05, 0.1) is 0 Å². The fraction of sp³-hybridized carbons (Fsp3) is 0.364. The van der Waals surface area contributed by atoms with Gasteiger partial charge in [-0.25, -0.2) is 8.78 Å². The Labute approximate surface area is 142 Å². The lowest BCUT2D eigenvalue weighted by Crippen LogP contribution is -1.96. The van der Waals surface area contributed by atoms with Gasteiger partial charge >= 0.3 is 0 Å². The Morgan fingerprint density at radius 1 is 0.708 bits per heavy atom. The van der Waals surface area contributed by atoms with Crippen LogP contribution in [0.15, 0.2) is 36.4 Å². The van der Waals surface area contributed by atoms with Gasteiger partial charge in [-0.3, -0.25) is 0 Å². The van der Waals surface area contributed by atoms with E-state index in [4.69, 9.17) is 0 Å². The monoisotopic (exact) mass is 326 g/mol. The summed E-state index contributed by atoms with van der Waals surface area (Å²) >= 11 is 0. The van der Waals surface area contributed by atoms with Crippen LogP contribution in [0.25, 0.3) is 21.5 Å². The number of aryl methyl sites for hydroxylation is 2. The molecule has 0 unspecified atom stereocenters. The highest BCUT2D eigenvalue weighted by Crippen LogP contribution is 2.29. The number of hydrogen-bond acceptors (Lipinski definition) is 0. The highest BCUT2D eigenvalue weighted by molar-refractivity contribution is 5.99. The molecular formula is C22H24F2. The molecule has 24 heavy (non-hydrogen) atoms. The molecule has 0 heterocycles. The van der Waals surface area contributed by atoms with Crippen LogP contribution in [0.4, 0.5) is 8.78 Å². The van der Waals surface area contributed by atoms with Gasteiger partial charge in [-0.15, -0.1) is 0 Å². The molecule has 126 valence electrons. The maximum absolute atomic E-state index is 14.5. The lowest BCUT2D eigenvalue weighted by Gasteiger charge is -2.10. The average Bonchev–Trinajstić information content (AvgIpc) is 2.59. The first-order valence-corrected chi connectivity index (χ1v) is 8.97. The van der Waals surface area contributed by atoms with Crippen molar-refractivity contribution < 1.29 is 8.78 Å². The number of rotatable bonds is 6. The van der Waals surface area contributed by atoms with E-state index in [1.807, 2.05) is 13.0 Å². The quantitative estimate of drug-likeness (QED) is 0.339. The molecule has 0 atom stereocenters. The Kier molecular flexibility index (Phi) is 5.13. The molecule has 0 aliphatic rings. The number of benzene rings is 3. The van der Waals surface area contributed by atoms with Crippen molar-refractivity contribution in [2.24, 2.45) is 0 Å². The largest absolute Gasteiger partial charge is 0.203 e. The van der Waals surface area contributed by atoms with Crippen molar-refractivity contribution in [2.45, 2.75) is 52.4 Å². The predicted octanol–water partition coefficient (Wildman–Crippen LogP) is 6.96. The van der Waals surface area contributed by atoms with Crippen LogP contribution in [-0.4, -0.2) is 0 Å². The van der Waals surface area contributed by atoms with E-state index in [2.05, 4.69) is 25.1 Å². The zero-order valence-corrected chi connectivity index (χ0v) is 14.5. The summed E-state index contributed by atoms with van der Waals surface area (Å²) < 4.78 is 28.7. The van der Waals surface area contributed by atoms with Crippen LogP contribution in [0.3, 0.4) is 0 Å². The SMILES string of the molecule is CCCCCc1ccc2cc3cc(CCC)c(F)c(F)c3cc2c1. The Balaban J connectivity index is 2.08. The predicted molar refractivity (Wildman–Crippen MR) is 98.6 cm³/mol. The van der Waals surface area contributed by atoms with Gasteiger partial charge < -0.3 is 0 Å². The van der Waals surface area contributed by atoms with E-state index in [0.29, 0.717) is 17.4 Å². The van der Waals surface area contributed by atoms with Gasteiger partial charge in [-0.2, -0.15) is 0 Å². The number of hydrogen-bond donors (Lipinski definition) is 0. The molecule has 0 nitrogen and oxygen atoms in total. The molecule has 0 aromatic heterocycles. The Morgan fingerprint density at radius 2 is 1.54 bits per heavy atom. The van der Waals surface area contributed by atoms with Crippen molar-refractivity contribution in [2.75, 3.05) is 0 Å². The van der Waals surface area contributed by atoms with Gasteiger partial charge in [0.25, 0.3) is 0 Å². The van der Waals surface area contributed by atoms with Crippen molar-refractivity contribution >= 4 is 21.5 Å². The molecule has 0 amide bonds. The van der Waals surface area contributed by atoms with Crippen molar-refractivity contribution in [3.63, 3.8) is 0 Å². The van der Waals surface area contributed by atoms with Crippen LogP contribution in [0.2, 0.25) is 0 Å². The molecule has 3 rings (SSSR count). The topological polar surface area (TPSA) is 0 Å². The maximum atomic E-state index is 14.5. The first kappa shape index (κ1) is 16.9. The van der Waals surface area contributed by atoms with Crippen molar-refractivity contribution in [3.8, 4) is 0 Å². The third kappa shape index (κ3) is 3.28. The van der Waals surface area contributed by atoms with Gasteiger partial charge in [0.2, 0.25) is 0 Å². The van der Waals surface area contributed by atoms with E-state index >= 15 is 0 Å². The van der Waals surface area contributed by atoms with Crippen LogP contribution >= 0.6 is 0 Å². The average molecular weight is 326 g/mol. The maximum Gasteiger partial charge on any atom is 0.166 e. The molecule has 0 saturated carbocycles. The van der Waals surface area contributed by atoms with E-state index in [9.17, 15) is 8.78 Å². The smallest absolute Gasteiger partial charge is 0.166 e. The highest BCUT2D eigenvalue weighted by Gasteiger charge is 2.13. The first-order chi connectivity index (χ1) is 11.6.